The molecule has 110 valence electrons. The van der Waals surface area contributed by atoms with Crippen LogP contribution in [0.4, 0.5) is 0 Å². The average molecular weight is 269 g/mol. The number of carbonyl (C=O) groups excluding carboxylic acids is 2. The van der Waals surface area contributed by atoms with Gasteiger partial charge in [0.25, 0.3) is 0 Å². The van der Waals surface area contributed by atoms with E-state index in [9.17, 15) is 9.59 Å². The SMILES string of the molecule is C[C@@H](NC(=O)C1CCCCCC1)C(=O)OC(C)(C)C. The van der Waals surface area contributed by atoms with Crippen LogP contribution in [-0.2, 0) is 14.3 Å². The summed E-state index contributed by atoms with van der Waals surface area (Å²) in [5.74, 6) is -0.304. The lowest BCUT2D eigenvalue weighted by Gasteiger charge is -2.23. The summed E-state index contributed by atoms with van der Waals surface area (Å²) in [4.78, 5) is 23.9. The summed E-state index contributed by atoms with van der Waals surface area (Å²) in [6.07, 6.45) is 6.52. The minimum atomic E-state index is -0.574. The molecule has 0 aromatic rings. The molecule has 0 bridgehead atoms. The van der Waals surface area contributed by atoms with Crippen LogP contribution in [-0.4, -0.2) is 23.5 Å². The number of amides is 1. The molecule has 0 aliphatic heterocycles. The van der Waals surface area contributed by atoms with Crippen LogP contribution in [0, 0.1) is 5.92 Å². The van der Waals surface area contributed by atoms with Crippen molar-refractivity contribution in [2.24, 2.45) is 5.92 Å². The van der Waals surface area contributed by atoms with Crippen LogP contribution in [0.25, 0.3) is 0 Å². The van der Waals surface area contributed by atoms with Crippen molar-refractivity contribution in [2.75, 3.05) is 0 Å². The highest BCUT2D eigenvalue weighted by Gasteiger charge is 2.26. The Balaban J connectivity index is 2.44. The molecule has 1 N–H and O–H groups in total. The number of ether oxygens (including phenoxy) is 1. The monoisotopic (exact) mass is 269 g/mol. The minimum Gasteiger partial charge on any atom is -0.458 e. The molecule has 0 radical (unpaired) electrons. The van der Waals surface area contributed by atoms with E-state index in [0.717, 1.165) is 25.7 Å². The predicted molar refractivity (Wildman–Crippen MR) is 74.6 cm³/mol. The van der Waals surface area contributed by atoms with E-state index < -0.39 is 11.6 Å². The fourth-order valence-corrected chi connectivity index (χ4v) is 2.32. The van der Waals surface area contributed by atoms with E-state index in [0.29, 0.717) is 0 Å². The van der Waals surface area contributed by atoms with Gasteiger partial charge in [0.05, 0.1) is 0 Å². The maximum Gasteiger partial charge on any atom is 0.328 e. The largest absolute Gasteiger partial charge is 0.458 e. The Morgan fingerprint density at radius 1 is 1.11 bits per heavy atom. The molecule has 1 saturated carbocycles. The lowest BCUT2D eigenvalue weighted by molar-refractivity contribution is -0.158. The van der Waals surface area contributed by atoms with Crippen molar-refractivity contribution in [2.45, 2.75) is 77.9 Å². The molecule has 19 heavy (non-hydrogen) atoms. The molecular weight excluding hydrogens is 242 g/mol. The van der Waals surface area contributed by atoms with Gasteiger partial charge in [-0.15, -0.1) is 0 Å². The van der Waals surface area contributed by atoms with Crippen molar-refractivity contribution in [3.63, 3.8) is 0 Å². The highest BCUT2D eigenvalue weighted by molar-refractivity contribution is 5.85. The van der Waals surface area contributed by atoms with E-state index in [1.54, 1.807) is 6.92 Å². The van der Waals surface area contributed by atoms with Crippen LogP contribution in [0.1, 0.15) is 66.2 Å². The number of rotatable bonds is 3. The Kier molecular flexibility index (Phi) is 5.83. The average Bonchev–Trinajstić information content (AvgIpc) is 2.54. The first-order valence-corrected chi connectivity index (χ1v) is 7.33. The molecule has 4 heteroatoms. The molecule has 0 saturated heterocycles. The van der Waals surface area contributed by atoms with Crippen molar-refractivity contribution in [1.29, 1.82) is 0 Å². The van der Waals surface area contributed by atoms with E-state index in [1.165, 1.54) is 12.8 Å². The van der Waals surface area contributed by atoms with Gasteiger partial charge >= 0.3 is 5.97 Å². The molecule has 1 aliphatic carbocycles. The lowest BCUT2D eigenvalue weighted by atomic mass is 9.99. The zero-order valence-corrected chi connectivity index (χ0v) is 12.6. The number of esters is 1. The van der Waals surface area contributed by atoms with Gasteiger partial charge in [0.15, 0.2) is 0 Å². The quantitative estimate of drug-likeness (QED) is 0.633. The van der Waals surface area contributed by atoms with E-state index in [2.05, 4.69) is 5.32 Å². The Hall–Kier alpha value is -1.06. The molecule has 1 amide bonds. The van der Waals surface area contributed by atoms with Gasteiger partial charge in [0, 0.05) is 5.92 Å². The van der Waals surface area contributed by atoms with Crippen molar-refractivity contribution in [1.82, 2.24) is 5.32 Å². The second-order valence-corrected chi connectivity index (χ2v) is 6.45. The van der Waals surface area contributed by atoms with Crippen LogP contribution < -0.4 is 5.32 Å². The molecule has 1 rings (SSSR count). The molecule has 0 spiro atoms. The topological polar surface area (TPSA) is 55.4 Å². The molecule has 1 aliphatic rings. The summed E-state index contributed by atoms with van der Waals surface area (Å²) >= 11 is 0. The number of hydrogen-bond acceptors (Lipinski definition) is 3. The molecule has 0 aromatic heterocycles. The van der Waals surface area contributed by atoms with Gasteiger partial charge in [-0.25, -0.2) is 4.79 Å². The lowest BCUT2D eigenvalue weighted by Crippen LogP contribution is -2.44. The number of carbonyl (C=O) groups is 2. The summed E-state index contributed by atoms with van der Waals surface area (Å²) in [5.41, 5.74) is -0.515. The fourth-order valence-electron chi connectivity index (χ4n) is 2.32. The van der Waals surface area contributed by atoms with E-state index >= 15 is 0 Å². The molecule has 1 fully saturated rings. The second-order valence-electron chi connectivity index (χ2n) is 6.45. The van der Waals surface area contributed by atoms with Gasteiger partial charge in [0.1, 0.15) is 11.6 Å². The van der Waals surface area contributed by atoms with Gasteiger partial charge in [-0.2, -0.15) is 0 Å². The summed E-state index contributed by atoms with van der Waals surface area (Å²) in [7, 11) is 0. The van der Waals surface area contributed by atoms with Crippen molar-refractivity contribution in [3.05, 3.63) is 0 Å². The number of nitrogens with one attached hydrogen (secondary N) is 1. The molecule has 0 heterocycles. The molecule has 1 atom stereocenters. The van der Waals surface area contributed by atoms with Crippen LogP contribution in [0.2, 0.25) is 0 Å². The van der Waals surface area contributed by atoms with Gasteiger partial charge in [-0.3, -0.25) is 4.79 Å². The van der Waals surface area contributed by atoms with Crippen LogP contribution in [0.15, 0.2) is 0 Å². The fraction of sp³-hybridized carbons (Fsp3) is 0.867. The zero-order chi connectivity index (χ0) is 14.5. The molecule has 0 aromatic carbocycles. The molecular formula is C15H27NO3. The Bertz CT molecular complexity index is 312. The second kappa shape index (κ2) is 6.92. The van der Waals surface area contributed by atoms with Crippen LogP contribution in [0.5, 0.6) is 0 Å². The van der Waals surface area contributed by atoms with E-state index in [1.807, 2.05) is 20.8 Å². The van der Waals surface area contributed by atoms with E-state index in [-0.39, 0.29) is 17.8 Å². The van der Waals surface area contributed by atoms with Crippen molar-refractivity contribution < 1.29 is 14.3 Å². The molecule has 0 unspecified atom stereocenters. The standard InChI is InChI=1S/C15H27NO3/c1-11(14(18)19-15(2,3)4)16-13(17)12-9-7-5-6-8-10-12/h11-12H,5-10H2,1-4H3,(H,16,17)/t11-/m1/s1. The van der Waals surface area contributed by atoms with Gasteiger partial charge < -0.3 is 10.1 Å². The van der Waals surface area contributed by atoms with Crippen LogP contribution >= 0.6 is 0 Å². The third kappa shape index (κ3) is 6.08. The highest BCUT2D eigenvalue weighted by Crippen LogP contribution is 2.23. The normalized spacial score (nSPS) is 19.4. The summed E-state index contributed by atoms with van der Waals surface area (Å²) in [6, 6.07) is -0.574. The maximum atomic E-state index is 12.1. The Morgan fingerprint density at radius 2 is 1.63 bits per heavy atom. The smallest absolute Gasteiger partial charge is 0.328 e. The third-order valence-corrected chi connectivity index (χ3v) is 3.35. The van der Waals surface area contributed by atoms with Crippen molar-refractivity contribution in [3.8, 4) is 0 Å². The third-order valence-electron chi connectivity index (χ3n) is 3.35. The Labute approximate surface area is 116 Å². The van der Waals surface area contributed by atoms with Crippen molar-refractivity contribution >= 4 is 11.9 Å². The first kappa shape index (κ1) is 16.0. The van der Waals surface area contributed by atoms with Crippen LogP contribution in [0.3, 0.4) is 0 Å². The zero-order valence-electron chi connectivity index (χ0n) is 12.6. The van der Waals surface area contributed by atoms with E-state index in [4.69, 9.17) is 4.74 Å². The van der Waals surface area contributed by atoms with Gasteiger partial charge in [0.2, 0.25) is 5.91 Å². The van der Waals surface area contributed by atoms with Gasteiger partial charge in [-0.05, 0) is 40.5 Å². The maximum absolute atomic E-state index is 12.1. The predicted octanol–water partition coefficient (Wildman–Crippen LogP) is 2.80. The summed E-state index contributed by atoms with van der Waals surface area (Å²) in [6.45, 7) is 7.16. The summed E-state index contributed by atoms with van der Waals surface area (Å²) < 4.78 is 5.26. The number of hydrogen-bond donors (Lipinski definition) is 1. The first-order chi connectivity index (χ1) is 8.79. The Morgan fingerprint density at radius 3 is 2.11 bits per heavy atom. The highest BCUT2D eigenvalue weighted by atomic mass is 16.6. The molecule has 4 nitrogen and oxygen atoms in total. The minimum absolute atomic E-state index is 0.000240. The van der Waals surface area contributed by atoms with Gasteiger partial charge in [-0.1, -0.05) is 25.7 Å². The summed E-state index contributed by atoms with van der Waals surface area (Å²) in [5, 5.41) is 2.79. The first-order valence-electron chi connectivity index (χ1n) is 7.33.